The lowest BCUT2D eigenvalue weighted by molar-refractivity contribution is -0.122. The van der Waals surface area contributed by atoms with Crippen molar-refractivity contribution in [3.63, 3.8) is 0 Å². The van der Waals surface area contributed by atoms with Crippen molar-refractivity contribution >= 4 is 5.91 Å². The number of aryl methyl sites for hydroxylation is 3. The van der Waals surface area contributed by atoms with E-state index in [0.29, 0.717) is 18.7 Å². The maximum absolute atomic E-state index is 12.6. The van der Waals surface area contributed by atoms with Gasteiger partial charge in [0.1, 0.15) is 11.4 Å². The highest BCUT2D eigenvalue weighted by molar-refractivity contribution is 5.76. The van der Waals surface area contributed by atoms with Gasteiger partial charge in [-0.1, -0.05) is 12.1 Å². The lowest BCUT2D eigenvalue weighted by Crippen LogP contribution is -2.41. The summed E-state index contributed by atoms with van der Waals surface area (Å²) in [5.74, 6) is 0.738. The van der Waals surface area contributed by atoms with Crippen LogP contribution in [-0.2, 0) is 11.3 Å². The van der Waals surface area contributed by atoms with E-state index >= 15 is 0 Å². The summed E-state index contributed by atoms with van der Waals surface area (Å²) >= 11 is 0. The van der Waals surface area contributed by atoms with Crippen LogP contribution in [0.5, 0.6) is 5.75 Å². The molecule has 1 aliphatic rings. The van der Waals surface area contributed by atoms with Crippen LogP contribution in [0, 0.1) is 20.8 Å². The number of rotatable bonds is 4. The summed E-state index contributed by atoms with van der Waals surface area (Å²) in [5.41, 5.74) is 2.96. The molecule has 0 unspecified atom stereocenters. The number of hydrogen-bond donors (Lipinski definition) is 1. The molecule has 1 amide bonds. The fourth-order valence-corrected chi connectivity index (χ4v) is 3.61. The Hall–Kier alpha value is -2.63. The lowest BCUT2D eigenvalue weighted by Gasteiger charge is -2.38. The Morgan fingerprint density at radius 2 is 2.04 bits per heavy atom. The summed E-state index contributed by atoms with van der Waals surface area (Å²) in [6.45, 7) is 10.0. The van der Waals surface area contributed by atoms with Gasteiger partial charge in [-0.2, -0.15) is 4.98 Å². The number of carbonyl (C=O) groups is 1. The van der Waals surface area contributed by atoms with Gasteiger partial charge in [-0.05, 0) is 52.3 Å². The molecule has 1 aromatic heterocycles. The summed E-state index contributed by atoms with van der Waals surface area (Å²) < 4.78 is 7.62. The molecule has 0 aliphatic carbocycles. The van der Waals surface area contributed by atoms with E-state index in [-0.39, 0.29) is 29.7 Å². The summed E-state index contributed by atoms with van der Waals surface area (Å²) in [6.07, 6.45) is 0.921. The molecule has 0 fully saturated rings. The average Bonchev–Trinajstić information content (AvgIpc) is 2.52. The zero-order chi connectivity index (χ0) is 19.8. The standard InChI is InChI=1S/C21H27N3O3/c1-13-6-7-16-17(12-21(4,5)27-18(16)10-13)23-19(25)8-9-24-15(3)11-14(2)22-20(24)26/h6-7,10-11,17H,8-9,12H2,1-5H3,(H,23,25)/t17-/m0/s1. The topological polar surface area (TPSA) is 73.2 Å². The fraction of sp³-hybridized carbons (Fsp3) is 0.476. The highest BCUT2D eigenvalue weighted by Gasteiger charge is 2.34. The molecule has 1 aliphatic heterocycles. The van der Waals surface area contributed by atoms with Crippen LogP contribution in [-0.4, -0.2) is 21.1 Å². The summed E-state index contributed by atoms with van der Waals surface area (Å²) in [6, 6.07) is 7.80. The SMILES string of the molecule is Cc1ccc2c(c1)OC(C)(C)C[C@@H]2NC(=O)CCn1c(C)cc(C)nc1=O. The molecule has 0 radical (unpaired) electrons. The number of amides is 1. The van der Waals surface area contributed by atoms with Crippen LogP contribution in [0.4, 0.5) is 0 Å². The Labute approximate surface area is 159 Å². The maximum atomic E-state index is 12.6. The second-order valence-electron chi connectivity index (χ2n) is 7.95. The number of benzene rings is 1. The number of nitrogens with zero attached hydrogens (tertiary/aromatic N) is 2. The van der Waals surface area contributed by atoms with Crippen LogP contribution >= 0.6 is 0 Å². The van der Waals surface area contributed by atoms with Crippen molar-refractivity contribution in [3.05, 3.63) is 57.3 Å². The molecule has 27 heavy (non-hydrogen) atoms. The van der Waals surface area contributed by atoms with E-state index in [4.69, 9.17) is 4.74 Å². The summed E-state index contributed by atoms with van der Waals surface area (Å²) in [7, 11) is 0. The first-order valence-corrected chi connectivity index (χ1v) is 9.29. The minimum atomic E-state index is -0.354. The number of ether oxygens (including phenoxy) is 1. The van der Waals surface area contributed by atoms with E-state index in [0.717, 1.165) is 22.6 Å². The molecule has 0 saturated heterocycles. The minimum Gasteiger partial charge on any atom is -0.487 e. The van der Waals surface area contributed by atoms with E-state index < -0.39 is 0 Å². The van der Waals surface area contributed by atoms with E-state index in [1.165, 1.54) is 4.57 Å². The second-order valence-corrected chi connectivity index (χ2v) is 7.95. The first kappa shape index (κ1) is 19.1. The first-order chi connectivity index (χ1) is 12.6. The van der Waals surface area contributed by atoms with Crippen molar-refractivity contribution in [2.75, 3.05) is 0 Å². The van der Waals surface area contributed by atoms with Gasteiger partial charge in [0.15, 0.2) is 0 Å². The predicted octanol–water partition coefficient (Wildman–Crippen LogP) is 2.98. The van der Waals surface area contributed by atoms with Crippen molar-refractivity contribution in [2.24, 2.45) is 0 Å². The fourth-order valence-electron chi connectivity index (χ4n) is 3.61. The molecular weight excluding hydrogens is 342 g/mol. The zero-order valence-corrected chi connectivity index (χ0v) is 16.6. The van der Waals surface area contributed by atoms with Crippen LogP contribution < -0.4 is 15.7 Å². The Balaban J connectivity index is 1.72. The van der Waals surface area contributed by atoms with Gasteiger partial charge in [0.05, 0.1) is 6.04 Å². The van der Waals surface area contributed by atoms with Crippen LogP contribution in [0.3, 0.4) is 0 Å². The largest absolute Gasteiger partial charge is 0.487 e. The van der Waals surface area contributed by atoms with Gasteiger partial charge >= 0.3 is 5.69 Å². The molecule has 6 nitrogen and oxygen atoms in total. The Morgan fingerprint density at radius 3 is 2.74 bits per heavy atom. The van der Waals surface area contributed by atoms with Gasteiger partial charge in [0.2, 0.25) is 5.91 Å². The molecule has 1 atom stereocenters. The van der Waals surface area contributed by atoms with Gasteiger partial charge in [-0.3, -0.25) is 9.36 Å². The normalized spacial score (nSPS) is 17.7. The van der Waals surface area contributed by atoms with Crippen LogP contribution in [0.2, 0.25) is 0 Å². The third-order valence-corrected chi connectivity index (χ3v) is 4.87. The lowest BCUT2D eigenvalue weighted by atomic mass is 9.89. The van der Waals surface area contributed by atoms with Crippen LogP contribution in [0.25, 0.3) is 0 Å². The van der Waals surface area contributed by atoms with Gasteiger partial charge in [-0.15, -0.1) is 0 Å². The molecule has 0 saturated carbocycles. The number of aromatic nitrogens is 2. The van der Waals surface area contributed by atoms with E-state index in [2.05, 4.69) is 10.3 Å². The molecular formula is C21H27N3O3. The Kier molecular flexibility index (Phi) is 5.09. The van der Waals surface area contributed by atoms with Crippen molar-refractivity contribution in [2.45, 2.75) is 65.6 Å². The predicted molar refractivity (Wildman–Crippen MR) is 104 cm³/mol. The third-order valence-electron chi connectivity index (χ3n) is 4.87. The van der Waals surface area contributed by atoms with Crippen molar-refractivity contribution in [3.8, 4) is 5.75 Å². The van der Waals surface area contributed by atoms with Crippen LogP contribution in [0.15, 0.2) is 29.1 Å². The smallest absolute Gasteiger partial charge is 0.347 e. The van der Waals surface area contributed by atoms with E-state index in [1.807, 2.05) is 52.0 Å². The molecule has 0 bridgehead atoms. The summed E-state index contributed by atoms with van der Waals surface area (Å²) in [4.78, 5) is 28.6. The average molecular weight is 369 g/mol. The molecule has 144 valence electrons. The number of fused-ring (bicyclic) bond motifs is 1. The van der Waals surface area contributed by atoms with Crippen molar-refractivity contribution in [1.29, 1.82) is 0 Å². The number of nitrogens with one attached hydrogen (secondary N) is 1. The Morgan fingerprint density at radius 1 is 1.30 bits per heavy atom. The van der Waals surface area contributed by atoms with Crippen LogP contribution in [0.1, 0.15) is 55.2 Å². The van der Waals surface area contributed by atoms with E-state index in [9.17, 15) is 9.59 Å². The maximum Gasteiger partial charge on any atom is 0.347 e. The monoisotopic (exact) mass is 369 g/mol. The molecule has 2 heterocycles. The van der Waals surface area contributed by atoms with Crippen molar-refractivity contribution in [1.82, 2.24) is 14.9 Å². The van der Waals surface area contributed by atoms with Crippen molar-refractivity contribution < 1.29 is 9.53 Å². The highest BCUT2D eigenvalue weighted by atomic mass is 16.5. The van der Waals surface area contributed by atoms with Gasteiger partial charge in [0.25, 0.3) is 0 Å². The number of hydrogen-bond acceptors (Lipinski definition) is 4. The molecule has 0 spiro atoms. The van der Waals surface area contributed by atoms with Gasteiger partial charge in [0, 0.05) is 36.3 Å². The highest BCUT2D eigenvalue weighted by Crippen LogP contribution is 2.39. The Bertz CT molecular complexity index is 931. The third kappa shape index (κ3) is 4.38. The van der Waals surface area contributed by atoms with Gasteiger partial charge in [-0.25, -0.2) is 4.79 Å². The molecule has 3 rings (SSSR count). The summed E-state index contributed by atoms with van der Waals surface area (Å²) in [5, 5.41) is 3.12. The van der Waals surface area contributed by atoms with E-state index in [1.54, 1.807) is 6.92 Å². The second kappa shape index (κ2) is 7.18. The minimum absolute atomic E-state index is 0.0869. The van der Waals surface area contributed by atoms with Gasteiger partial charge < -0.3 is 10.1 Å². The number of carbonyl (C=O) groups excluding carboxylic acids is 1. The molecule has 1 aromatic carbocycles. The zero-order valence-electron chi connectivity index (χ0n) is 16.6. The molecule has 1 N–H and O–H groups in total. The first-order valence-electron chi connectivity index (χ1n) is 9.29. The molecule has 6 heteroatoms. The quantitative estimate of drug-likeness (QED) is 0.899. The molecule has 2 aromatic rings.